The van der Waals surface area contributed by atoms with E-state index in [1.54, 1.807) is 0 Å². The monoisotopic (exact) mass is 260 g/mol. The van der Waals surface area contributed by atoms with Crippen LogP contribution in [0.1, 0.15) is 53.4 Å². The van der Waals surface area contributed by atoms with Gasteiger partial charge in [-0.15, -0.1) is 11.6 Å². The van der Waals surface area contributed by atoms with E-state index in [1.165, 1.54) is 12.8 Å². The summed E-state index contributed by atoms with van der Waals surface area (Å²) in [5, 5.41) is 0.0368. The van der Waals surface area contributed by atoms with Crippen molar-refractivity contribution < 1.29 is 9.47 Å². The van der Waals surface area contributed by atoms with Crippen molar-refractivity contribution >= 4 is 11.6 Å². The minimum absolute atomic E-state index is 0.0368. The predicted molar refractivity (Wildman–Crippen MR) is 70.3 cm³/mol. The highest BCUT2D eigenvalue weighted by Gasteiger charge is 2.46. The third kappa shape index (κ3) is 2.97. The SMILES string of the molecule is CC(Cl)C1COC2(CCC(C(C)(C)C)CC2)O1. The summed E-state index contributed by atoms with van der Waals surface area (Å²) in [5.74, 6) is 0.475. The summed E-state index contributed by atoms with van der Waals surface area (Å²) in [6.45, 7) is 9.63. The third-order valence-electron chi connectivity index (χ3n) is 4.36. The Kier molecular flexibility index (Phi) is 3.78. The van der Waals surface area contributed by atoms with Crippen molar-refractivity contribution in [3.05, 3.63) is 0 Å². The van der Waals surface area contributed by atoms with Gasteiger partial charge in [0.25, 0.3) is 0 Å². The topological polar surface area (TPSA) is 18.5 Å². The first kappa shape index (κ1) is 13.6. The van der Waals surface area contributed by atoms with Crippen LogP contribution in [0, 0.1) is 11.3 Å². The molecule has 1 saturated heterocycles. The van der Waals surface area contributed by atoms with Gasteiger partial charge in [-0.3, -0.25) is 0 Å². The van der Waals surface area contributed by atoms with Gasteiger partial charge in [0.15, 0.2) is 5.79 Å². The number of rotatable bonds is 1. The lowest BCUT2D eigenvalue weighted by Crippen LogP contribution is -2.39. The van der Waals surface area contributed by atoms with Crippen molar-refractivity contribution in [1.29, 1.82) is 0 Å². The molecule has 0 aromatic rings. The summed E-state index contributed by atoms with van der Waals surface area (Å²) >= 11 is 6.08. The van der Waals surface area contributed by atoms with Crippen molar-refractivity contribution in [1.82, 2.24) is 0 Å². The maximum absolute atomic E-state index is 6.08. The molecule has 2 rings (SSSR count). The van der Waals surface area contributed by atoms with E-state index in [9.17, 15) is 0 Å². The Balaban J connectivity index is 1.91. The van der Waals surface area contributed by atoms with Gasteiger partial charge < -0.3 is 9.47 Å². The van der Waals surface area contributed by atoms with E-state index in [0.717, 1.165) is 18.8 Å². The van der Waals surface area contributed by atoms with E-state index in [-0.39, 0.29) is 17.3 Å². The molecule has 0 N–H and O–H groups in total. The molecule has 2 aliphatic rings. The standard InChI is InChI=1S/C14H25ClO2/c1-10(15)12-9-16-14(17-12)7-5-11(6-8-14)13(2,3)4/h10-12H,5-9H2,1-4H3. The minimum Gasteiger partial charge on any atom is -0.347 e. The van der Waals surface area contributed by atoms with E-state index in [1.807, 2.05) is 6.92 Å². The summed E-state index contributed by atoms with van der Waals surface area (Å²) < 4.78 is 12.0. The molecule has 2 fully saturated rings. The molecule has 0 aromatic carbocycles. The highest BCUT2D eigenvalue weighted by Crippen LogP contribution is 2.46. The zero-order chi connectivity index (χ0) is 12.7. The number of halogens is 1. The number of alkyl halides is 1. The zero-order valence-corrected chi connectivity index (χ0v) is 12.2. The molecule has 17 heavy (non-hydrogen) atoms. The van der Waals surface area contributed by atoms with Crippen LogP contribution in [0.4, 0.5) is 0 Å². The second-order valence-corrected chi connectivity index (χ2v) is 7.38. The molecular weight excluding hydrogens is 236 g/mol. The molecule has 1 saturated carbocycles. The average Bonchev–Trinajstić information content (AvgIpc) is 2.62. The molecule has 1 spiro atoms. The van der Waals surface area contributed by atoms with E-state index in [0.29, 0.717) is 12.0 Å². The fourth-order valence-corrected chi connectivity index (χ4v) is 3.11. The van der Waals surface area contributed by atoms with Crippen LogP contribution in [-0.4, -0.2) is 23.9 Å². The number of hydrogen-bond donors (Lipinski definition) is 0. The summed E-state index contributed by atoms with van der Waals surface area (Å²) in [6.07, 6.45) is 4.52. The molecule has 0 aromatic heterocycles. The number of hydrogen-bond acceptors (Lipinski definition) is 2. The average molecular weight is 261 g/mol. The minimum atomic E-state index is -0.310. The van der Waals surface area contributed by atoms with Gasteiger partial charge in [0, 0.05) is 12.8 Å². The lowest BCUT2D eigenvalue weighted by Gasteiger charge is -2.41. The van der Waals surface area contributed by atoms with Crippen molar-refractivity contribution in [2.24, 2.45) is 11.3 Å². The van der Waals surface area contributed by atoms with Crippen molar-refractivity contribution in [3.8, 4) is 0 Å². The number of ether oxygens (including phenoxy) is 2. The van der Waals surface area contributed by atoms with E-state index >= 15 is 0 Å². The Bertz CT molecular complexity index is 262. The van der Waals surface area contributed by atoms with Crippen LogP contribution in [0.25, 0.3) is 0 Å². The van der Waals surface area contributed by atoms with E-state index < -0.39 is 0 Å². The summed E-state index contributed by atoms with van der Waals surface area (Å²) in [6, 6.07) is 0. The zero-order valence-electron chi connectivity index (χ0n) is 11.5. The first-order chi connectivity index (χ1) is 7.82. The van der Waals surface area contributed by atoms with Crippen molar-refractivity contribution in [3.63, 3.8) is 0 Å². The molecular formula is C14H25ClO2. The van der Waals surface area contributed by atoms with Gasteiger partial charge in [0.05, 0.1) is 12.0 Å². The van der Waals surface area contributed by atoms with Gasteiger partial charge in [0.1, 0.15) is 6.10 Å². The van der Waals surface area contributed by atoms with Crippen LogP contribution >= 0.6 is 11.6 Å². The fourth-order valence-electron chi connectivity index (χ4n) is 2.99. The third-order valence-corrected chi connectivity index (χ3v) is 4.64. The summed E-state index contributed by atoms with van der Waals surface area (Å²) in [5.41, 5.74) is 0.402. The smallest absolute Gasteiger partial charge is 0.168 e. The second kappa shape index (κ2) is 4.71. The highest BCUT2D eigenvalue weighted by molar-refractivity contribution is 6.20. The molecule has 2 atom stereocenters. The summed E-state index contributed by atoms with van der Waals surface area (Å²) in [4.78, 5) is 0. The molecule has 1 aliphatic heterocycles. The van der Waals surface area contributed by atoms with Gasteiger partial charge in [-0.05, 0) is 31.1 Å². The van der Waals surface area contributed by atoms with Crippen LogP contribution in [0.15, 0.2) is 0 Å². The van der Waals surface area contributed by atoms with Crippen molar-refractivity contribution in [2.45, 2.75) is 70.6 Å². The molecule has 2 unspecified atom stereocenters. The Hall–Kier alpha value is 0.210. The molecule has 0 bridgehead atoms. The first-order valence-corrected chi connectivity index (χ1v) is 7.22. The normalized spacial score (nSPS) is 40.8. The molecule has 100 valence electrons. The van der Waals surface area contributed by atoms with Gasteiger partial charge in [-0.2, -0.15) is 0 Å². The maximum Gasteiger partial charge on any atom is 0.168 e. The van der Waals surface area contributed by atoms with Gasteiger partial charge in [-0.25, -0.2) is 0 Å². The lowest BCUT2D eigenvalue weighted by molar-refractivity contribution is -0.196. The predicted octanol–water partition coefficient (Wildman–Crippen LogP) is 3.96. The quantitative estimate of drug-likeness (QED) is 0.665. The largest absolute Gasteiger partial charge is 0.347 e. The molecule has 2 nitrogen and oxygen atoms in total. The second-order valence-electron chi connectivity index (χ2n) is 6.70. The Morgan fingerprint density at radius 3 is 2.24 bits per heavy atom. The van der Waals surface area contributed by atoms with E-state index in [4.69, 9.17) is 21.1 Å². The first-order valence-electron chi connectivity index (χ1n) is 6.78. The summed E-state index contributed by atoms with van der Waals surface area (Å²) in [7, 11) is 0. The molecule has 0 radical (unpaired) electrons. The van der Waals surface area contributed by atoms with Crippen LogP contribution in [-0.2, 0) is 9.47 Å². The van der Waals surface area contributed by atoms with Gasteiger partial charge in [0.2, 0.25) is 0 Å². The van der Waals surface area contributed by atoms with Gasteiger partial charge in [-0.1, -0.05) is 20.8 Å². The van der Waals surface area contributed by atoms with Crippen LogP contribution in [0.2, 0.25) is 0 Å². The Morgan fingerprint density at radius 2 is 1.82 bits per heavy atom. The molecule has 3 heteroatoms. The fraction of sp³-hybridized carbons (Fsp3) is 1.00. The molecule has 0 amide bonds. The lowest BCUT2D eigenvalue weighted by atomic mass is 9.71. The van der Waals surface area contributed by atoms with Crippen LogP contribution < -0.4 is 0 Å². The van der Waals surface area contributed by atoms with Gasteiger partial charge >= 0.3 is 0 Å². The van der Waals surface area contributed by atoms with Crippen LogP contribution in [0.5, 0.6) is 0 Å². The maximum atomic E-state index is 6.08. The van der Waals surface area contributed by atoms with E-state index in [2.05, 4.69) is 20.8 Å². The van der Waals surface area contributed by atoms with Crippen molar-refractivity contribution in [2.75, 3.05) is 6.61 Å². The van der Waals surface area contributed by atoms with Crippen LogP contribution in [0.3, 0.4) is 0 Å². The highest BCUT2D eigenvalue weighted by atomic mass is 35.5. The Labute approximate surface area is 110 Å². The molecule has 1 heterocycles. The Morgan fingerprint density at radius 1 is 1.24 bits per heavy atom. The molecule has 1 aliphatic carbocycles.